The number of hydrogen-bond donors (Lipinski definition) is 0. The molecule has 2 aromatic carbocycles. The Balaban J connectivity index is 0.00000208. The molecule has 0 saturated carbocycles. The second-order valence-corrected chi connectivity index (χ2v) is 6.45. The van der Waals surface area contributed by atoms with E-state index in [4.69, 9.17) is 11.6 Å². The first-order valence-electron chi connectivity index (χ1n) is 6.41. The molecule has 0 radical (unpaired) electrons. The average Bonchev–Trinajstić information content (AvgIpc) is 2.89. The normalized spacial score (nSPS) is 11.1. The molecule has 118 valence electrons. The first-order chi connectivity index (χ1) is 10.9. The van der Waals surface area contributed by atoms with Crippen LogP contribution >= 0.6 is 11.6 Å². The average molecular weight is 375 g/mol. The van der Waals surface area contributed by atoms with Gasteiger partial charge in [0.15, 0.2) is 5.15 Å². The molecule has 0 aliphatic heterocycles. The number of benzene rings is 2. The van der Waals surface area contributed by atoms with Gasteiger partial charge in [-0.15, -0.1) is 0 Å². The Morgan fingerprint density at radius 2 is 1.62 bits per heavy atom. The number of imidazole rings is 1. The molecule has 1 heterocycles. The van der Waals surface area contributed by atoms with E-state index in [0.717, 1.165) is 0 Å². The third-order valence-electron chi connectivity index (χ3n) is 3.24. The van der Waals surface area contributed by atoms with E-state index >= 15 is 0 Å². The molecule has 0 aliphatic rings. The maximum absolute atomic E-state index is 13.1. The van der Waals surface area contributed by atoms with Crippen molar-refractivity contribution in [1.82, 2.24) is 9.55 Å². The molecule has 0 spiro atoms. The fourth-order valence-corrected chi connectivity index (χ4v) is 2.88. The zero-order chi connectivity index (χ0) is 16.6. The minimum atomic E-state index is -4.51. The maximum atomic E-state index is 13.1. The minimum absolute atomic E-state index is 0. The third kappa shape index (κ3) is 3.88. The second kappa shape index (κ2) is 7.35. The van der Waals surface area contributed by atoms with Crippen LogP contribution in [0.5, 0.6) is 0 Å². The first kappa shape index (κ1) is 19.1. The van der Waals surface area contributed by atoms with Crippen LogP contribution in [0.1, 0.15) is 0 Å². The molecule has 0 amide bonds. The van der Waals surface area contributed by atoms with Gasteiger partial charge in [-0.2, -0.15) is 0 Å². The van der Waals surface area contributed by atoms with Crippen molar-refractivity contribution in [2.75, 3.05) is 0 Å². The van der Waals surface area contributed by atoms with E-state index in [0.29, 0.717) is 16.9 Å². The molecule has 0 atom stereocenters. The monoisotopic (exact) mass is 374 g/mol. The van der Waals surface area contributed by atoms with Crippen LogP contribution in [0, 0.1) is 5.82 Å². The summed E-state index contributed by atoms with van der Waals surface area (Å²) in [5, 5.41) is 0.220. The van der Waals surface area contributed by atoms with Crippen LogP contribution < -0.4 is 29.6 Å². The summed E-state index contributed by atoms with van der Waals surface area (Å²) < 4.78 is 47.6. The van der Waals surface area contributed by atoms with Crippen LogP contribution in [0.4, 0.5) is 4.39 Å². The minimum Gasteiger partial charge on any atom is -0.744 e. The number of hydrogen-bond acceptors (Lipinski definition) is 4. The van der Waals surface area contributed by atoms with Gasteiger partial charge in [-0.05, 0) is 48.5 Å². The zero-order valence-electron chi connectivity index (χ0n) is 12.5. The van der Waals surface area contributed by atoms with Crippen molar-refractivity contribution in [3.8, 4) is 16.9 Å². The molecule has 5 nitrogen and oxygen atoms in total. The fourth-order valence-electron chi connectivity index (χ4n) is 2.16. The van der Waals surface area contributed by atoms with E-state index in [-0.39, 0.29) is 45.4 Å². The Morgan fingerprint density at radius 1 is 1.04 bits per heavy atom. The van der Waals surface area contributed by atoms with Crippen molar-refractivity contribution < 1.29 is 46.9 Å². The Bertz CT molecular complexity index is 957. The maximum Gasteiger partial charge on any atom is 1.00 e. The smallest absolute Gasteiger partial charge is 0.744 e. The molecule has 0 bridgehead atoms. The van der Waals surface area contributed by atoms with Gasteiger partial charge in [-0.25, -0.2) is 17.8 Å². The molecular formula is C15H9ClFN2NaO3S. The third-order valence-corrected chi connectivity index (χ3v) is 4.37. The van der Waals surface area contributed by atoms with Crippen molar-refractivity contribution >= 4 is 21.7 Å². The Kier molecular flexibility index (Phi) is 5.85. The van der Waals surface area contributed by atoms with Crippen molar-refractivity contribution in [1.29, 1.82) is 0 Å². The summed E-state index contributed by atoms with van der Waals surface area (Å²) in [7, 11) is -4.51. The second-order valence-electron chi connectivity index (χ2n) is 4.71. The predicted molar refractivity (Wildman–Crippen MR) is 81.9 cm³/mol. The Labute approximate surface area is 165 Å². The predicted octanol–water partition coefficient (Wildman–Crippen LogP) is 0.240. The Hall–Kier alpha value is -1.22. The number of rotatable bonds is 3. The van der Waals surface area contributed by atoms with E-state index in [1.165, 1.54) is 42.7 Å². The van der Waals surface area contributed by atoms with E-state index in [1.54, 1.807) is 16.7 Å². The summed E-state index contributed by atoms with van der Waals surface area (Å²) in [5.41, 5.74) is 1.75. The summed E-state index contributed by atoms with van der Waals surface area (Å²) in [6, 6.07) is 11.1. The molecule has 0 unspecified atom stereocenters. The van der Waals surface area contributed by atoms with Gasteiger partial charge in [0.2, 0.25) is 0 Å². The number of halogens is 2. The van der Waals surface area contributed by atoms with Crippen molar-refractivity contribution in [2.24, 2.45) is 0 Å². The summed E-state index contributed by atoms with van der Waals surface area (Å²) in [6.45, 7) is 0. The van der Waals surface area contributed by atoms with Crippen molar-refractivity contribution in [3.05, 3.63) is 65.8 Å². The fraction of sp³-hybridized carbons (Fsp3) is 0. The molecule has 3 rings (SSSR count). The van der Waals surface area contributed by atoms with E-state index < -0.39 is 10.1 Å². The van der Waals surface area contributed by atoms with Gasteiger partial charge >= 0.3 is 29.6 Å². The van der Waals surface area contributed by atoms with Crippen LogP contribution in [0.25, 0.3) is 16.9 Å². The van der Waals surface area contributed by atoms with E-state index in [2.05, 4.69) is 4.98 Å². The van der Waals surface area contributed by atoms with E-state index in [1.807, 2.05) is 0 Å². The summed E-state index contributed by atoms with van der Waals surface area (Å²) in [5.74, 6) is -0.374. The molecule has 3 aromatic rings. The quantitative estimate of drug-likeness (QED) is 0.486. The standard InChI is InChI=1S/C15H10ClFN2O3S.Na/c16-15-14(10-1-3-11(17)4-2-10)19(9-18-15)12-5-7-13(8-6-12)23(20,21)22;/h1-9H,(H,20,21,22);/q;+1/p-1. The SMILES string of the molecule is O=S(=O)([O-])c1ccc(-n2cnc(Cl)c2-c2ccc(F)cc2)cc1.[Na+]. The molecule has 1 aromatic heterocycles. The zero-order valence-corrected chi connectivity index (χ0v) is 16.1. The first-order valence-corrected chi connectivity index (χ1v) is 8.20. The van der Waals surface area contributed by atoms with Crippen LogP contribution in [0.15, 0.2) is 59.8 Å². The van der Waals surface area contributed by atoms with Gasteiger partial charge in [-0.1, -0.05) is 11.6 Å². The van der Waals surface area contributed by atoms with Crippen molar-refractivity contribution in [3.63, 3.8) is 0 Å². The topological polar surface area (TPSA) is 75.0 Å². The number of aromatic nitrogens is 2. The van der Waals surface area contributed by atoms with Crippen LogP contribution in [-0.4, -0.2) is 22.5 Å². The Morgan fingerprint density at radius 3 is 2.17 bits per heavy atom. The summed E-state index contributed by atoms with van der Waals surface area (Å²) >= 11 is 6.10. The van der Waals surface area contributed by atoms with Crippen LogP contribution in [0.2, 0.25) is 5.15 Å². The molecular weight excluding hydrogens is 366 g/mol. The van der Waals surface area contributed by atoms with Crippen LogP contribution in [0.3, 0.4) is 0 Å². The van der Waals surface area contributed by atoms with Gasteiger partial charge in [0.05, 0.1) is 10.6 Å². The largest absolute Gasteiger partial charge is 1.00 e. The molecule has 24 heavy (non-hydrogen) atoms. The van der Waals surface area contributed by atoms with Crippen molar-refractivity contribution in [2.45, 2.75) is 4.90 Å². The van der Waals surface area contributed by atoms with Gasteiger partial charge in [0, 0.05) is 11.3 Å². The molecule has 0 aliphatic carbocycles. The van der Waals surface area contributed by atoms with Crippen LogP contribution in [-0.2, 0) is 10.1 Å². The van der Waals surface area contributed by atoms with Gasteiger partial charge < -0.3 is 4.55 Å². The molecule has 0 saturated heterocycles. The molecule has 9 heteroatoms. The van der Waals surface area contributed by atoms with Gasteiger partial charge in [-0.3, -0.25) is 4.57 Å². The summed E-state index contributed by atoms with van der Waals surface area (Å²) in [6.07, 6.45) is 1.46. The number of nitrogens with zero attached hydrogens (tertiary/aromatic N) is 2. The van der Waals surface area contributed by atoms with Gasteiger partial charge in [0.25, 0.3) is 0 Å². The summed E-state index contributed by atoms with van der Waals surface area (Å²) in [4.78, 5) is 3.69. The molecule has 0 N–H and O–H groups in total. The van der Waals surface area contributed by atoms with E-state index in [9.17, 15) is 17.4 Å². The molecule has 0 fully saturated rings. The van der Waals surface area contributed by atoms with Gasteiger partial charge in [0.1, 0.15) is 22.3 Å².